The Balaban J connectivity index is 1.74. The molecule has 0 fully saturated rings. The fourth-order valence-corrected chi connectivity index (χ4v) is 3.25. The summed E-state index contributed by atoms with van der Waals surface area (Å²) in [5.74, 6) is -0.964. The number of fused-ring (bicyclic) bond motifs is 1. The number of pyridine rings is 1. The van der Waals surface area contributed by atoms with Gasteiger partial charge >= 0.3 is 11.8 Å². The number of aromatic nitrogens is 1. The van der Waals surface area contributed by atoms with E-state index in [9.17, 15) is 27.6 Å². The van der Waals surface area contributed by atoms with E-state index in [-0.39, 0.29) is 22.2 Å². The monoisotopic (exact) mass is 460 g/mol. The number of anilines is 1. The lowest BCUT2D eigenvalue weighted by atomic mass is 10.1. The lowest BCUT2D eigenvalue weighted by Crippen LogP contribution is -2.21. The molecule has 1 amide bonds. The van der Waals surface area contributed by atoms with Crippen LogP contribution in [0.1, 0.15) is 15.9 Å². The number of nitrogens with one attached hydrogen (secondary N) is 1. The smallest absolute Gasteiger partial charge is 0.416 e. The largest absolute Gasteiger partial charge is 0.421 e. The molecule has 0 aliphatic heterocycles. The average molecular weight is 461 g/mol. The van der Waals surface area contributed by atoms with Crippen LogP contribution in [0.25, 0.3) is 16.7 Å². The summed E-state index contributed by atoms with van der Waals surface area (Å²) < 4.78 is 45.1. The Labute approximate surface area is 182 Å². The minimum atomic E-state index is -4.64. The van der Waals surface area contributed by atoms with Gasteiger partial charge in [-0.3, -0.25) is 14.2 Å². The number of nitrogens with zero attached hydrogens (tertiary/aromatic N) is 1. The second-order valence-electron chi connectivity index (χ2n) is 6.73. The molecule has 2 aromatic carbocycles. The normalized spacial score (nSPS) is 11.5. The van der Waals surface area contributed by atoms with E-state index in [2.05, 4.69) is 5.32 Å². The number of benzene rings is 2. The fraction of sp³-hybridized carbons (Fsp3) is 0.0455. The first-order valence-electron chi connectivity index (χ1n) is 9.07. The number of carbonyl (C=O) groups is 1. The molecule has 0 atom stereocenters. The number of amides is 1. The van der Waals surface area contributed by atoms with Gasteiger partial charge in [-0.05, 0) is 48.5 Å². The number of halogens is 4. The minimum Gasteiger partial charge on any atom is -0.421 e. The van der Waals surface area contributed by atoms with Crippen LogP contribution in [0.3, 0.4) is 0 Å². The van der Waals surface area contributed by atoms with E-state index in [1.54, 1.807) is 24.3 Å². The van der Waals surface area contributed by atoms with E-state index in [0.717, 1.165) is 18.2 Å². The quantitative estimate of drug-likeness (QED) is 0.473. The van der Waals surface area contributed by atoms with E-state index in [4.69, 9.17) is 16.0 Å². The zero-order chi connectivity index (χ0) is 23.0. The molecule has 32 heavy (non-hydrogen) atoms. The minimum absolute atomic E-state index is 0.0182. The van der Waals surface area contributed by atoms with Gasteiger partial charge in [0.2, 0.25) is 0 Å². The number of rotatable bonds is 3. The summed E-state index contributed by atoms with van der Waals surface area (Å²) in [7, 11) is 0. The second-order valence-corrected chi connectivity index (χ2v) is 7.17. The third kappa shape index (κ3) is 4.15. The molecule has 10 heteroatoms. The number of carbonyl (C=O) groups excluding carboxylic acids is 1. The zero-order valence-corrected chi connectivity index (χ0v) is 16.7. The van der Waals surface area contributed by atoms with Crippen molar-refractivity contribution in [2.75, 3.05) is 5.32 Å². The highest BCUT2D eigenvalue weighted by Gasteiger charge is 2.31. The Hall–Kier alpha value is -3.85. The maximum atomic E-state index is 12.9. The fourth-order valence-electron chi connectivity index (χ4n) is 3.06. The lowest BCUT2D eigenvalue weighted by molar-refractivity contribution is -0.137. The molecular weight excluding hydrogens is 449 g/mol. The Morgan fingerprint density at radius 1 is 1.00 bits per heavy atom. The van der Waals surface area contributed by atoms with Gasteiger partial charge in [0.05, 0.1) is 16.6 Å². The first-order chi connectivity index (χ1) is 15.1. The molecule has 0 bridgehead atoms. The van der Waals surface area contributed by atoms with Crippen molar-refractivity contribution in [3.05, 3.63) is 104 Å². The number of hydrogen-bond donors (Lipinski definition) is 1. The summed E-state index contributed by atoms with van der Waals surface area (Å²) in [5, 5.41) is 2.59. The maximum Gasteiger partial charge on any atom is 0.416 e. The molecule has 0 saturated carbocycles. The van der Waals surface area contributed by atoms with Crippen molar-refractivity contribution in [2.24, 2.45) is 0 Å². The average Bonchev–Trinajstić information content (AvgIpc) is 2.74. The van der Waals surface area contributed by atoms with Crippen molar-refractivity contribution in [3.8, 4) is 5.69 Å². The molecule has 0 unspecified atom stereocenters. The van der Waals surface area contributed by atoms with E-state index in [1.807, 2.05) is 0 Å². The first kappa shape index (κ1) is 21.4. The van der Waals surface area contributed by atoms with E-state index < -0.39 is 28.8 Å². The van der Waals surface area contributed by atoms with E-state index in [1.165, 1.54) is 22.9 Å². The van der Waals surface area contributed by atoms with Crippen molar-refractivity contribution in [3.63, 3.8) is 0 Å². The van der Waals surface area contributed by atoms with Gasteiger partial charge in [-0.25, -0.2) is 4.79 Å². The molecule has 0 spiro atoms. The number of alkyl halides is 3. The van der Waals surface area contributed by atoms with Crippen LogP contribution in [0.2, 0.25) is 5.02 Å². The first-order valence-corrected chi connectivity index (χ1v) is 9.45. The molecule has 1 N–H and O–H groups in total. The van der Waals surface area contributed by atoms with Crippen LogP contribution in [0, 0.1) is 0 Å². The molecule has 0 saturated heterocycles. The topological polar surface area (TPSA) is 81.3 Å². The standard InChI is InChI=1S/C22H12ClF3N2O4/c23-14-5-2-6-15(10-14)28-8-7-18-16(20(28)30)11-17(21(31)32-18)27-19(29)12-3-1-4-13(9-12)22(24,25)26/h1-11H,(H,27,29). The SMILES string of the molecule is O=C(Nc1cc2c(=O)n(-c3cccc(Cl)c3)ccc2oc1=O)c1cccc(C(F)(F)F)c1. The van der Waals surface area contributed by atoms with Crippen LogP contribution in [0.15, 0.2) is 80.9 Å². The van der Waals surface area contributed by atoms with Crippen LogP contribution < -0.4 is 16.5 Å². The Kier molecular flexibility index (Phi) is 5.35. The number of hydrogen-bond acceptors (Lipinski definition) is 4. The van der Waals surface area contributed by atoms with Gasteiger partial charge in [-0.1, -0.05) is 23.7 Å². The van der Waals surface area contributed by atoms with Crippen LogP contribution in [-0.2, 0) is 6.18 Å². The predicted octanol–water partition coefficient (Wildman–Crippen LogP) is 4.87. The Morgan fingerprint density at radius 3 is 2.47 bits per heavy atom. The van der Waals surface area contributed by atoms with Crippen molar-refractivity contribution >= 4 is 34.2 Å². The van der Waals surface area contributed by atoms with Gasteiger partial charge in [-0.15, -0.1) is 0 Å². The van der Waals surface area contributed by atoms with Crippen molar-refractivity contribution in [2.45, 2.75) is 6.18 Å². The predicted molar refractivity (Wildman–Crippen MR) is 112 cm³/mol. The highest BCUT2D eigenvalue weighted by atomic mass is 35.5. The van der Waals surface area contributed by atoms with Crippen LogP contribution in [0.5, 0.6) is 0 Å². The molecule has 4 aromatic rings. The third-order valence-corrected chi connectivity index (χ3v) is 4.82. The molecule has 4 rings (SSSR count). The van der Waals surface area contributed by atoms with Gasteiger partial charge in [0.1, 0.15) is 11.3 Å². The lowest BCUT2D eigenvalue weighted by Gasteiger charge is -2.10. The van der Waals surface area contributed by atoms with Crippen molar-refractivity contribution in [1.29, 1.82) is 0 Å². The summed E-state index contributed by atoms with van der Waals surface area (Å²) in [6.07, 6.45) is -3.23. The molecule has 0 radical (unpaired) electrons. The Bertz CT molecular complexity index is 1470. The second kappa shape index (κ2) is 8.01. The highest BCUT2D eigenvalue weighted by molar-refractivity contribution is 6.30. The summed E-state index contributed by atoms with van der Waals surface area (Å²) in [6.45, 7) is 0. The molecule has 2 aromatic heterocycles. The van der Waals surface area contributed by atoms with Crippen molar-refractivity contribution < 1.29 is 22.4 Å². The van der Waals surface area contributed by atoms with Gasteiger partial charge in [-0.2, -0.15) is 13.2 Å². The van der Waals surface area contributed by atoms with Gasteiger partial charge in [0.15, 0.2) is 0 Å². The summed E-state index contributed by atoms with van der Waals surface area (Å²) in [4.78, 5) is 37.6. The molecule has 0 aliphatic carbocycles. The summed E-state index contributed by atoms with van der Waals surface area (Å²) in [6, 6.07) is 12.7. The summed E-state index contributed by atoms with van der Waals surface area (Å²) in [5.41, 5.74) is -2.79. The summed E-state index contributed by atoms with van der Waals surface area (Å²) >= 11 is 5.97. The van der Waals surface area contributed by atoms with Gasteiger partial charge < -0.3 is 9.73 Å². The van der Waals surface area contributed by atoms with Crippen LogP contribution >= 0.6 is 11.6 Å². The molecule has 2 heterocycles. The van der Waals surface area contributed by atoms with E-state index >= 15 is 0 Å². The molecule has 6 nitrogen and oxygen atoms in total. The Morgan fingerprint density at radius 2 is 1.75 bits per heavy atom. The highest BCUT2D eigenvalue weighted by Crippen LogP contribution is 2.29. The van der Waals surface area contributed by atoms with Crippen LogP contribution in [-0.4, -0.2) is 10.5 Å². The maximum absolute atomic E-state index is 12.9. The zero-order valence-electron chi connectivity index (χ0n) is 15.9. The van der Waals surface area contributed by atoms with Gasteiger partial charge in [0, 0.05) is 16.8 Å². The van der Waals surface area contributed by atoms with Gasteiger partial charge in [0.25, 0.3) is 11.5 Å². The van der Waals surface area contributed by atoms with Crippen LogP contribution in [0.4, 0.5) is 18.9 Å². The molecule has 162 valence electrons. The van der Waals surface area contributed by atoms with Crippen molar-refractivity contribution in [1.82, 2.24) is 4.57 Å². The molecule has 0 aliphatic rings. The van der Waals surface area contributed by atoms with E-state index in [0.29, 0.717) is 16.8 Å². The third-order valence-electron chi connectivity index (χ3n) is 4.59. The molecular formula is C22H12ClF3N2O4.